The second-order valence-corrected chi connectivity index (χ2v) is 6.69. The average Bonchev–Trinajstić information content (AvgIpc) is 3.09. The Balaban J connectivity index is 1.57. The fourth-order valence-electron chi connectivity index (χ4n) is 2.32. The van der Waals surface area contributed by atoms with E-state index in [1.54, 1.807) is 7.11 Å². The Labute approximate surface area is 155 Å². The van der Waals surface area contributed by atoms with Crippen molar-refractivity contribution in [3.05, 3.63) is 70.2 Å². The van der Waals surface area contributed by atoms with E-state index >= 15 is 0 Å². The third kappa shape index (κ3) is 4.59. The number of halogens is 1. The molecule has 3 rings (SSSR count). The number of amides is 1. The lowest BCUT2D eigenvalue weighted by atomic mass is 10.2. The van der Waals surface area contributed by atoms with Crippen LogP contribution >= 0.6 is 22.9 Å². The molecule has 0 aliphatic carbocycles. The molecule has 1 aromatic heterocycles. The number of methoxy groups -OCH3 is 1. The number of ether oxygens (including phenoxy) is 1. The molecular weight excluding hydrogens is 356 g/mol. The van der Waals surface area contributed by atoms with Crippen LogP contribution in [0.5, 0.6) is 5.75 Å². The van der Waals surface area contributed by atoms with Gasteiger partial charge in [0.1, 0.15) is 10.8 Å². The van der Waals surface area contributed by atoms with Crippen LogP contribution in [0.2, 0.25) is 5.02 Å². The molecule has 1 amide bonds. The number of rotatable bonds is 6. The van der Waals surface area contributed by atoms with E-state index in [0.717, 1.165) is 27.6 Å². The molecule has 1 N–H and O–H groups in total. The van der Waals surface area contributed by atoms with Crippen molar-refractivity contribution in [1.29, 1.82) is 0 Å². The maximum atomic E-state index is 12.1. The first-order chi connectivity index (χ1) is 12.2. The predicted octanol–water partition coefficient (Wildman–Crippen LogP) is 4.33. The van der Waals surface area contributed by atoms with Crippen LogP contribution in [0.4, 0.5) is 0 Å². The van der Waals surface area contributed by atoms with E-state index in [-0.39, 0.29) is 12.3 Å². The molecule has 2 aromatic carbocycles. The van der Waals surface area contributed by atoms with Gasteiger partial charge in [-0.2, -0.15) is 0 Å². The van der Waals surface area contributed by atoms with Gasteiger partial charge in [-0.25, -0.2) is 4.98 Å². The van der Waals surface area contributed by atoms with Crippen molar-refractivity contribution in [2.45, 2.75) is 13.0 Å². The molecule has 3 aromatic rings. The van der Waals surface area contributed by atoms with Crippen molar-refractivity contribution >= 4 is 28.8 Å². The first-order valence-corrected chi connectivity index (χ1v) is 9.00. The summed E-state index contributed by atoms with van der Waals surface area (Å²) in [5, 5.41) is 6.28. The van der Waals surface area contributed by atoms with Crippen LogP contribution < -0.4 is 10.1 Å². The van der Waals surface area contributed by atoms with Crippen LogP contribution in [-0.4, -0.2) is 18.0 Å². The summed E-state index contributed by atoms with van der Waals surface area (Å²) in [7, 11) is 1.63. The molecule has 0 aliphatic heterocycles. The molecule has 6 heteroatoms. The Bertz CT molecular complexity index is 862. The Hall–Kier alpha value is -2.37. The van der Waals surface area contributed by atoms with E-state index in [9.17, 15) is 4.79 Å². The number of thiazole rings is 1. The zero-order valence-electron chi connectivity index (χ0n) is 13.7. The van der Waals surface area contributed by atoms with Gasteiger partial charge in [0.2, 0.25) is 5.91 Å². The number of benzene rings is 2. The number of hydrogen-bond donors (Lipinski definition) is 1. The molecule has 0 bridgehead atoms. The molecular formula is C19H17ClN2O2S. The average molecular weight is 373 g/mol. The lowest BCUT2D eigenvalue weighted by molar-refractivity contribution is -0.120. The van der Waals surface area contributed by atoms with Crippen LogP contribution in [0.3, 0.4) is 0 Å². The zero-order chi connectivity index (χ0) is 17.6. The summed E-state index contributed by atoms with van der Waals surface area (Å²) in [6.07, 6.45) is 0.247. The number of carbonyl (C=O) groups excluding carboxylic acids is 1. The maximum Gasteiger partial charge on any atom is 0.226 e. The minimum absolute atomic E-state index is 0.0631. The molecule has 0 saturated carbocycles. The molecule has 0 atom stereocenters. The standard InChI is InChI=1S/C19H17ClN2O2S/c1-24-15-8-6-13(7-9-15)11-21-18(23)10-14-12-25-19(22-14)16-4-2-3-5-17(16)20/h2-9,12H,10-11H2,1H3,(H,21,23). The molecule has 4 nitrogen and oxygen atoms in total. The van der Waals surface area contributed by atoms with Gasteiger partial charge in [-0.15, -0.1) is 11.3 Å². The SMILES string of the molecule is COc1ccc(CNC(=O)Cc2csc(-c3ccccc3Cl)n2)cc1. The van der Waals surface area contributed by atoms with Gasteiger partial charge in [-0.3, -0.25) is 4.79 Å². The lowest BCUT2D eigenvalue weighted by Crippen LogP contribution is -2.24. The van der Waals surface area contributed by atoms with Gasteiger partial charge in [0.25, 0.3) is 0 Å². The normalized spacial score (nSPS) is 10.5. The number of hydrogen-bond acceptors (Lipinski definition) is 4. The molecule has 0 aliphatic rings. The maximum absolute atomic E-state index is 12.1. The van der Waals surface area contributed by atoms with Crippen molar-refractivity contribution < 1.29 is 9.53 Å². The van der Waals surface area contributed by atoms with E-state index in [1.807, 2.05) is 53.9 Å². The summed E-state index contributed by atoms with van der Waals surface area (Å²) in [6, 6.07) is 15.2. The number of carbonyl (C=O) groups is 1. The Kier molecular flexibility index (Phi) is 5.68. The summed E-state index contributed by atoms with van der Waals surface area (Å²) in [6.45, 7) is 0.477. The highest BCUT2D eigenvalue weighted by Crippen LogP contribution is 2.30. The van der Waals surface area contributed by atoms with Crippen molar-refractivity contribution in [2.75, 3.05) is 7.11 Å². The predicted molar refractivity (Wildman–Crippen MR) is 101 cm³/mol. The fourth-order valence-corrected chi connectivity index (χ4v) is 3.46. The number of nitrogens with zero attached hydrogens (tertiary/aromatic N) is 1. The third-order valence-electron chi connectivity index (χ3n) is 3.65. The van der Waals surface area contributed by atoms with Crippen LogP contribution in [0.15, 0.2) is 53.9 Å². The van der Waals surface area contributed by atoms with Gasteiger partial charge in [0.15, 0.2) is 0 Å². The van der Waals surface area contributed by atoms with Crippen molar-refractivity contribution in [1.82, 2.24) is 10.3 Å². The van der Waals surface area contributed by atoms with Crippen LogP contribution in [-0.2, 0) is 17.8 Å². The highest BCUT2D eigenvalue weighted by molar-refractivity contribution is 7.13. The fraction of sp³-hybridized carbons (Fsp3) is 0.158. The quantitative estimate of drug-likeness (QED) is 0.700. The van der Waals surface area contributed by atoms with Crippen LogP contribution in [0.25, 0.3) is 10.6 Å². The Morgan fingerprint density at radius 1 is 1.20 bits per heavy atom. The molecule has 1 heterocycles. The summed E-state index contributed by atoms with van der Waals surface area (Å²) >= 11 is 7.68. The molecule has 0 saturated heterocycles. The summed E-state index contributed by atoms with van der Waals surface area (Å²) in [5.74, 6) is 0.733. The second kappa shape index (κ2) is 8.14. The van der Waals surface area contributed by atoms with Gasteiger partial charge in [0, 0.05) is 17.5 Å². The summed E-state index contributed by atoms with van der Waals surface area (Å²) in [5.41, 5.74) is 2.65. The van der Waals surface area contributed by atoms with Crippen molar-refractivity contribution in [3.8, 4) is 16.3 Å². The van der Waals surface area contributed by atoms with Gasteiger partial charge >= 0.3 is 0 Å². The minimum Gasteiger partial charge on any atom is -0.497 e. The second-order valence-electron chi connectivity index (χ2n) is 5.43. The molecule has 0 unspecified atom stereocenters. The highest BCUT2D eigenvalue weighted by Gasteiger charge is 2.11. The smallest absolute Gasteiger partial charge is 0.226 e. The number of nitrogens with one attached hydrogen (secondary N) is 1. The minimum atomic E-state index is -0.0631. The molecule has 0 radical (unpaired) electrons. The highest BCUT2D eigenvalue weighted by atomic mass is 35.5. The molecule has 25 heavy (non-hydrogen) atoms. The third-order valence-corrected chi connectivity index (χ3v) is 4.90. The Morgan fingerprint density at radius 3 is 2.68 bits per heavy atom. The van der Waals surface area contributed by atoms with Crippen molar-refractivity contribution in [2.24, 2.45) is 0 Å². The Morgan fingerprint density at radius 2 is 1.96 bits per heavy atom. The van der Waals surface area contributed by atoms with Crippen molar-refractivity contribution in [3.63, 3.8) is 0 Å². The van der Waals surface area contributed by atoms with Gasteiger partial charge in [-0.1, -0.05) is 41.9 Å². The zero-order valence-corrected chi connectivity index (χ0v) is 15.2. The van der Waals surface area contributed by atoms with Crippen LogP contribution in [0.1, 0.15) is 11.3 Å². The van der Waals surface area contributed by atoms with Gasteiger partial charge in [0.05, 0.1) is 24.2 Å². The molecule has 0 fully saturated rings. The molecule has 128 valence electrons. The summed E-state index contributed by atoms with van der Waals surface area (Å²) < 4.78 is 5.12. The molecule has 0 spiro atoms. The number of aromatic nitrogens is 1. The van der Waals surface area contributed by atoms with E-state index in [4.69, 9.17) is 16.3 Å². The topological polar surface area (TPSA) is 51.2 Å². The van der Waals surface area contributed by atoms with E-state index in [0.29, 0.717) is 11.6 Å². The first-order valence-electron chi connectivity index (χ1n) is 7.74. The lowest BCUT2D eigenvalue weighted by Gasteiger charge is -2.05. The monoisotopic (exact) mass is 372 g/mol. The first kappa shape index (κ1) is 17.5. The van der Waals surface area contributed by atoms with E-state index in [1.165, 1.54) is 11.3 Å². The van der Waals surface area contributed by atoms with E-state index < -0.39 is 0 Å². The van der Waals surface area contributed by atoms with E-state index in [2.05, 4.69) is 10.3 Å². The largest absolute Gasteiger partial charge is 0.497 e. The summed E-state index contributed by atoms with van der Waals surface area (Å²) in [4.78, 5) is 16.6. The van der Waals surface area contributed by atoms with Gasteiger partial charge < -0.3 is 10.1 Å². The van der Waals surface area contributed by atoms with Gasteiger partial charge in [-0.05, 0) is 23.8 Å². The van der Waals surface area contributed by atoms with Crippen LogP contribution in [0, 0.1) is 0 Å².